The molecule has 0 saturated carbocycles. The molecule has 0 fully saturated rings. The number of hydrogen-bond acceptors (Lipinski definition) is 1. The molecule has 1 nitrogen and oxygen atoms in total. The van der Waals surface area contributed by atoms with Crippen LogP contribution in [0.5, 0.6) is 0 Å². The van der Waals surface area contributed by atoms with Gasteiger partial charge in [-0.15, -0.1) is 0 Å². The van der Waals surface area contributed by atoms with Crippen LogP contribution in [0.15, 0.2) is 0 Å². The van der Waals surface area contributed by atoms with E-state index in [1.165, 1.54) is 0 Å². The minimum atomic E-state index is -1.50. The van der Waals surface area contributed by atoms with E-state index >= 15 is 0 Å². The molecule has 1 N–H and O–H groups in total. The Bertz CT molecular complexity index is 97.1. The van der Waals surface area contributed by atoms with Crippen LogP contribution in [0.4, 0.5) is 0 Å². The highest BCUT2D eigenvalue weighted by Gasteiger charge is 2.38. The van der Waals surface area contributed by atoms with E-state index in [-0.39, 0.29) is 0 Å². The Morgan fingerprint density at radius 2 is 1.60 bits per heavy atom. The van der Waals surface area contributed by atoms with Gasteiger partial charge < -0.3 is 5.11 Å². The van der Waals surface area contributed by atoms with E-state index in [1.54, 1.807) is 13.8 Å². The fourth-order valence-electron chi connectivity index (χ4n) is 0.401. The summed E-state index contributed by atoms with van der Waals surface area (Å²) in [5.41, 5.74) is -1.06. The van der Waals surface area contributed by atoms with E-state index < -0.39 is 15.3 Å². The highest BCUT2D eigenvalue weighted by molar-refractivity contribution is 6.67. The van der Waals surface area contributed by atoms with Crippen molar-refractivity contribution in [1.29, 1.82) is 0 Å². The van der Waals surface area contributed by atoms with Gasteiger partial charge in [-0.3, -0.25) is 0 Å². The molecule has 0 aliphatic heterocycles. The van der Waals surface area contributed by atoms with Crippen LogP contribution in [-0.2, 0) is 0 Å². The predicted octanol–water partition coefficient (Wildman–Crippen LogP) is 2.58. The van der Waals surface area contributed by atoms with Gasteiger partial charge in [-0.2, -0.15) is 0 Å². The number of halogens is 3. The third-order valence-corrected chi connectivity index (χ3v) is 2.04. The summed E-state index contributed by atoms with van der Waals surface area (Å²) >= 11 is 16.4. The summed E-state index contributed by atoms with van der Waals surface area (Å²) in [4.78, 5) is 0. The van der Waals surface area contributed by atoms with E-state index in [0.29, 0.717) is 0 Å². The Morgan fingerprint density at radius 1 is 1.30 bits per heavy atom. The molecule has 1 unspecified atom stereocenters. The Labute approximate surface area is 76.3 Å². The Kier molecular flexibility index (Phi) is 3.31. The summed E-state index contributed by atoms with van der Waals surface area (Å²) in [5, 5.41) is 9.31. The van der Waals surface area contributed by atoms with Crippen molar-refractivity contribution in [2.45, 2.75) is 23.2 Å². The molecule has 1 radical (unpaired) electrons. The first kappa shape index (κ1) is 10.8. The minimum absolute atomic E-state index is 0.634. The van der Waals surface area contributed by atoms with Crippen LogP contribution in [0, 0.1) is 12.8 Å². The number of hydrogen-bond donors (Lipinski definition) is 1. The lowest BCUT2D eigenvalue weighted by atomic mass is 9.95. The molecule has 0 aliphatic rings. The molecule has 0 aromatic carbocycles. The van der Waals surface area contributed by atoms with E-state index in [9.17, 15) is 5.11 Å². The van der Waals surface area contributed by atoms with Gasteiger partial charge in [0.05, 0.1) is 5.60 Å². The molecule has 1 atom stereocenters. The first-order valence-corrected chi connectivity index (χ1v) is 3.91. The van der Waals surface area contributed by atoms with Crippen molar-refractivity contribution in [2.75, 3.05) is 0 Å². The topological polar surface area (TPSA) is 20.2 Å². The van der Waals surface area contributed by atoms with Crippen molar-refractivity contribution >= 4 is 34.8 Å². The largest absolute Gasteiger partial charge is 0.390 e. The average Bonchev–Trinajstić information content (AvgIpc) is 1.59. The zero-order chi connectivity index (χ0) is 8.58. The Hall–Kier alpha value is 0.830. The van der Waals surface area contributed by atoms with Crippen LogP contribution in [-0.4, -0.2) is 14.5 Å². The molecular weight excluding hydrogens is 194 g/mol. The van der Waals surface area contributed by atoms with Crippen molar-refractivity contribution in [3.05, 3.63) is 6.92 Å². The maximum Gasteiger partial charge on any atom is 0.196 e. The van der Waals surface area contributed by atoms with Gasteiger partial charge >= 0.3 is 0 Å². The molecule has 61 valence electrons. The van der Waals surface area contributed by atoms with Gasteiger partial charge in [0, 0.05) is 5.92 Å². The summed E-state index contributed by atoms with van der Waals surface area (Å²) in [6.45, 7) is 6.63. The molecule has 0 aliphatic carbocycles. The molecule has 4 heteroatoms. The second-order valence-corrected chi connectivity index (χ2v) is 5.12. The van der Waals surface area contributed by atoms with Crippen molar-refractivity contribution in [1.82, 2.24) is 0 Å². The molecule has 0 bridgehead atoms. The molecule has 0 rings (SSSR count). The molecule has 0 saturated heterocycles. The first-order valence-electron chi connectivity index (χ1n) is 2.78. The van der Waals surface area contributed by atoms with Crippen LogP contribution >= 0.6 is 34.8 Å². The molecule has 0 heterocycles. The normalized spacial score (nSPS) is 17.1. The molecule has 0 amide bonds. The van der Waals surface area contributed by atoms with Crippen LogP contribution in [0.3, 0.4) is 0 Å². The fraction of sp³-hybridized carbons (Fsp3) is 0.833. The second kappa shape index (κ2) is 3.06. The van der Waals surface area contributed by atoms with Crippen LogP contribution in [0.2, 0.25) is 0 Å². The molecular formula is C6H10Cl3O. The second-order valence-electron chi connectivity index (χ2n) is 2.75. The van der Waals surface area contributed by atoms with Gasteiger partial charge in [0.15, 0.2) is 3.79 Å². The molecule has 0 aromatic heterocycles. The van der Waals surface area contributed by atoms with E-state index in [4.69, 9.17) is 34.8 Å². The highest BCUT2D eigenvalue weighted by atomic mass is 35.6. The maximum atomic E-state index is 9.31. The standard InChI is InChI=1S/C6H10Cl3O/c1-4(5(2,3)10)6(7,8)9/h4,10H,1H2,2-3H3. The zero-order valence-electron chi connectivity index (χ0n) is 5.87. The lowest BCUT2D eigenvalue weighted by Crippen LogP contribution is -2.37. The Balaban J connectivity index is 4.23. The van der Waals surface area contributed by atoms with Crippen LogP contribution in [0.1, 0.15) is 13.8 Å². The summed E-state index contributed by atoms with van der Waals surface area (Å²) in [7, 11) is 0. The summed E-state index contributed by atoms with van der Waals surface area (Å²) in [6, 6.07) is 0. The SMILES string of the molecule is [CH2]C(C(C)(C)O)C(Cl)(Cl)Cl. The number of rotatable bonds is 1. The van der Waals surface area contributed by atoms with Gasteiger partial charge in [0.25, 0.3) is 0 Å². The molecule has 10 heavy (non-hydrogen) atoms. The minimum Gasteiger partial charge on any atom is -0.390 e. The van der Waals surface area contributed by atoms with Crippen molar-refractivity contribution in [3.63, 3.8) is 0 Å². The summed E-state index contributed by atoms with van der Waals surface area (Å²) in [5.74, 6) is -0.634. The number of aliphatic hydroxyl groups is 1. The van der Waals surface area contributed by atoms with Gasteiger partial charge in [-0.05, 0) is 20.8 Å². The highest BCUT2D eigenvalue weighted by Crippen LogP contribution is 2.39. The zero-order valence-corrected chi connectivity index (χ0v) is 8.13. The quantitative estimate of drug-likeness (QED) is 0.651. The van der Waals surface area contributed by atoms with Crippen LogP contribution in [0.25, 0.3) is 0 Å². The lowest BCUT2D eigenvalue weighted by molar-refractivity contribution is 0.0373. The first-order chi connectivity index (χ1) is 4.15. The van der Waals surface area contributed by atoms with Crippen LogP contribution < -0.4 is 0 Å². The van der Waals surface area contributed by atoms with Gasteiger partial charge in [-0.25, -0.2) is 0 Å². The molecule has 0 spiro atoms. The van der Waals surface area contributed by atoms with E-state index in [2.05, 4.69) is 6.92 Å². The smallest absolute Gasteiger partial charge is 0.196 e. The van der Waals surface area contributed by atoms with E-state index in [1.807, 2.05) is 0 Å². The average molecular weight is 205 g/mol. The van der Waals surface area contributed by atoms with Gasteiger partial charge in [0.2, 0.25) is 0 Å². The Morgan fingerprint density at radius 3 is 1.60 bits per heavy atom. The van der Waals surface area contributed by atoms with Crippen molar-refractivity contribution in [3.8, 4) is 0 Å². The number of alkyl halides is 3. The third-order valence-electron chi connectivity index (χ3n) is 1.25. The van der Waals surface area contributed by atoms with Gasteiger partial charge in [0.1, 0.15) is 0 Å². The molecule has 0 aromatic rings. The van der Waals surface area contributed by atoms with Crippen molar-refractivity contribution < 1.29 is 5.11 Å². The van der Waals surface area contributed by atoms with Crippen molar-refractivity contribution in [2.24, 2.45) is 5.92 Å². The predicted molar refractivity (Wildman–Crippen MR) is 45.4 cm³/mol. The summed E-state index contributed by atoms with van der Waals surface area (Å²) < 4.78 is -1.50. The lowest BCUT2D eigenvalue weighted by Gasteiger charge is -2.30. The van der Waals surface area contributed by atoms with E-state index in [0.717, 1.165) is 0 Å². The monoisotopic (exact) mass is 203 g/mol. The maximum absolute atomic E-state index is 9.31. The van der Waals surface area contributed by atoms with Gasteiger partial charge in [-0.1, -0.05) is 34.8 Å². The summed E-state index contributed by atoms with van der Waals surface area (Å²) in [6.07, 6.45) is 0. The fourth-order valence-corrected chi connectivity index (χ4v) is 1.20. The third kappa shape index (κ3) is 3.29.